The molecule has 116 valence electrons. The summed E-state index contributed by atoms with van der Waals surface area (Å²) >= 11 is 0. The van der Waals surface area contributed by atoms with Crippen LogP contribution in [0.5, 0.6) is 0 Å². The number of ketones is 1. The van der Waals surface area contributed by atoms with Crippen molar-refractivity contribution in [3.63, 3.8) is 0 Å². The summed E-state index contributed by atoms with van der Waals surface area (Å²) in [6.07, 6.45) is 0.481. The molecule has 0 aromatic carbocycles. The average molecular weight is 294 g/mol. The Hall–Kier alpha value is -1.17. The van der Waals surface area contributed by atoms with Crippen LogP contribution in [-0.4, -0.2) is 45.5 Å². The van der Waals surface area contributed by atoms with Gasteiger partial charge in [0, 0.05) is 17.6 Å². The van der Waals surface area contributed by atoms with Gasteiger partial charge >= 0.3 is 0 Å². The van der Waals surface area contributed by atoms with Gasteiger partial charge in [0.1, 0.15) is 23.6 Å². The largest absolute Gasteiger partial charge is 0.487 e. The average Bonchev–Trinajstić information content (AvgIpc) is 2.75. The van der Waals surface area contributed by atoms with Crippen LogP contribution >= 0.6 is 0 Å². The summed E-state index contributed by atoms with van der Waals surface area (Å²) in [5, 5.41) is 20.4. The molecule has 0 saturated carbocycles. The van der Waals surface area contributed by atoms with E-state index in [0.29, 0.717) is 23.3 Å². The van der Waals surface area contributed by atoms with Crippen LogP contribution in [0, 0.1) is 0 Å². The van der Waals surface area contributed by atoms with E-state index in [2.05, 4.69) is 0 Å². The summed E-state index contributed by atoms with van der Waals surface area (Å²) in [6.45, 7) is 7.06. The van der Waals surface area contributed by atoms with E-state index in [9.17, 15) is 15.0 Å². The Morgan fingerprint density at radius 1 is 1.38 bits per heavy atom. The fourth-order valence-electron chi connectivity index (χ4n) is 3.15. The summed E-state index contributed by atoms with van der Waals surface area (Å²) in [5.41, 5.74) is -0.378. The summed E-state index contributed by atoms with van der Waals surface area (Å²) < 4.78 is 11.8. The molecule has 2 aliphatic heterocycles. The van der Waals surface area contributed by atoms with Crippen LogP contribution < -0.4 is 0 Å². The van der Waals surface area contributed by atoms with Crippen molar-refractivity contribution in [1.82, 2.24) is 0 Å². The van der Waals surface area contributed by atoms with Crippen LogP contribution in [0.4, 0.5) is 0 Å². The van der Waals surface area contributed by atoms with Crippen LogP contribution in [0.1, 0.15) is 40.5 Å². The van der Waals surface area contributed by atoms with E-state index >= 15 is 0 Å². The minimum absolute atomic E-state index is 0.0198. The smallest absolute Gasteiger partial charge is 0.166 e. The van der Waals surface area contributed by atoms with E-state index in [-0.39, 0.29) is 12.2 Å². The lowest BCUT2D eigenvalue weighted by Crippen LogP contribution is -2.43. The molecule has 2 N–H and O–H groups in total. The van der Waals surface area contributed by atoms with Crippen LogP contribution in [-0.2, 0) is 14.3 Å². The van der Waals surface area contributed by atoms with Crippen LogP contribution in [0.2, 0.25) is 0 Å². The molecule has 0 aromatic rings. The number of aliphatic hydroxyl groups is 2. The zero-order valence-corrected chi connectivity index (χ0v) is 12.8. The SMILES string of the molecule is CC1(C)CC(=O)C2=C(O1)C1=CC(C(C)(C)O)OC1C(O)C2. The normalized spacial score (nSPS) is 35.0. The molecule has 5 nitrogen and oxygen atoms in total. The van der Waals surface area contributed by atoms with Gasteiger partial charge in [0.2, 0.25) is 0 Å². The molecule has 3 atom stereocenters. The van der Waals surface area contributed by atoms with Crippen molar-refractivity contribution in [2.75, 3.05) is 0 Å². The number of ether oxygens (including phenoxy) is 2. The van der Waals surface area contributed by atoms with E-state index in [1.807, 2.05) is 13.8 Å². The van der Waals surface area contributed by atoms with Crippen molar-refractivity contribution in [1.29, 1.82) is 0 Å². The Balaban J connectivity index is 2.05. The molecule has 2 heterocycles. The fraction of sp³-hybridized carbons (Fsp3) is 0.688. The van der Waals surface area contributed by atoms with Gasteiger partial charge in [0.25, 0.3) is 0 Å². The van der Waals surface area contributed by atoms with E-state index in [1.165, 1.54) is 0 Å². The Labute approximate surface area is 124 Å². The molecule has 3 rings (SSSR count). The molecular weight excluding hydrogens is 272 g/mol. The summed E-state index contributed by atoms with van der Waals surface area (Å²) in [4.78, 5) is 12.3. The number of aliphatic hydroxyl groups excluding tert-OH is 1. The highest BCUT2D eigenvalue weighted by molar-refractivity contribution is 5.98. The van der Waals surface area contributed by atoms with Crippen LogP contribution in [0.3, 0.4) is 0 Å². The Kier molecular flexibility index (Phi) is 3.10. The lowest BCUT2D eigenvalue weighted by Gasteiger charge is -2.39. The van der Waals surface area contributed by atoms with Gasteiger partial charge in [-0.25, -0.2) is 0 Å². The van der Waals surface area contributed by atoms with Gasteiger partial charge in [0.15, 0.2) is 5.78 Å². The minimum atomic E-state index is -1.06. The number of Topliss-reactive ketones (excluding diaryl/α,β-unsaturated/α-hetero) is 1. The lowest BCUT2D eigenvalue weighted by atomic mass is 9.81. The molecule has 0 fully saturated rings. The summed E-state index contributed by atoms with van der Waals surface area (Å²) in [5.74, 6) is 0.560. The maximum atomic E-state index is 12.3. The van der Waals surface area contributed by atoms with Crippen molar-refractivity contribution in [2.45, 2.75) is 70.1 Å². The lowest BCUT2D eigenvalue weighted by molar-refractivity contribution is -0.127. The third kappa shape index (κ3) is 2.43. The first kappa shape index (κ1) is 14.8. The maximum absolute atomic E-state index is 12.3. The quantitative estimate of drug-likeness (QED) is 0.761. The first-order chi connectivity index (χ1) is 9.58. The second-order valence-electron chi connectivity index (χ2n) is 7.29. The van der Waals surface area contributed by atoms with Crippen molar-refractivity contribution < 1.29 is 24.5 Å². The van der Waals surface area contributed by atoms with Crippen molar-refractivity contribution in [2.24, 2.45) is 0 Å². The fourth-order valence-corrected chi connectivity index (χ4v) is 3.15. The van der Waals surface area contributed by atoms with Crippen molar-refractivity contribution in [3.05, 3.63) is 23.0 Å². The predicted octanol–water partition coefficient (Wildman–Crippen LogP) is 1.24. The predicted molar refractivity (Wildman–Crippen MR) is 75.5 cm³/mol. The van der Waals surface area contributed by atoms with Crippen molar-refractivity contribution in [3.8, 4) is 0 Å². The molecule has 0 spiro atoms. The number of hydrogen-bond acceptors (Lipinski definition) is 5. The highest BCUT2D eigenvalue weighted by atomic mass is 16.5. The number of carbonyl (C=O) groups excluding carboxylic acids is 1. The monoisotopic (exact) mass is 294 g/mol. The van der Waals surface area contributed by atoms with Gasteiger partial charge in [-0.2, -0.15) is 0 Å². The van der Waals surface area contributed by atoms with Gasteiger partial charge in [0.05, 0.1) is 18.1 Å². The summed E-state index contributed by atoms with van der Waals surface area (Å²) in [6, 6.07) is 0. The van der Waals surface area contributed by atoms with Gasteiger partial charge in [-0.15, -0.1) is 0 Å². The minimum Gasteiger partial charge on any atom is -0.487 e. The highest BCUT2D eigenvalue weighted by Gasteiger charge is 2.48. The van der Waals surface area contributed by atoms with Gasteiger partial charge in [-0.3, -0.25) is 4.79 Å². The van der Waals surface area contributed by atoms with E-state index < -0.39 is 29.5 Å². The molecule has 21 heavy (non-hydrogen) atoms. The number of fused-ring (bicyclic) bond motifs is 2. The molecule has 3 aliphatic rings. The standard InChI is InChI=1S/C16H22O5/c1-15(2)7-11(18)8-5-10(17)14-9(13(8)21-15)6-12(20-14)16(3,4)19/h6,10,12,14,17,19H,5,7H2,1-4H3. The molecule has 0 bridgehead atoms. The summed E-state index contributed by atoms with van der Waals surface area (Å²) in [7, 11) is 0. The number of hydrogen-bond donors (Lipinski definition) is 2. The first-order valence-electron chi connectivity index (χ1n) is 7.32. The van der Waals surface area contributed by atoms with Crippen molar-refractivity contribution >= 4 is 5.78 Å². The molecule has 1 aliphatic carbocycles. The molecule has 0 aromatic heterocycles. The zero-order chi connectivity index (χ0) is 15.6. The van der Waals surface area contributed by atoms with Crippen LogP contribution in [0.25, 0.3) is 0 Å². The maximum Gasteiger partial charge on any atom is 0.166 e. The third-order valence-electron chi connectivity index (χ3n) is 4.23. The molecular formula is C16H22O5. The molecule has 0 radical (unpaired) electrons. The third-order valence-corrected chi connectivity index (χ3v) is 4.23. The van der Waals surface area contributed by atoms with E-state index in [0.717, 1.165) is 0 Å². The highest BCUT2D eigenvalue weighted by Crippen LogP contribution is 2.44. The molecule has 0 amide bonds. The topological polar surface area (TPSA) is 76.0 Å². The van der Waals surface area contributed by atoms with Crippen LogP contribution in [0.15, 0.2) is 23.0 Å². The van der Waals surface area contributed by atoms with E-state index in [4.69, 9.17) is 9.47 Å². The Bertz CT molecular complexity index is 550. The van der Waals surface area contributed by atoms with Gasteiger partial charge in [-0.1, -0.05) is 0 Å². The van der Waals surface area contributed by atoms with Gasteiger partial charge in [-0.05, 0) is 33.8 Å². The zero-order valence-electron chi connectivity index (χ0n) is 12.8. The first-order valence-corrected chi connectivity index (χ1v) is 7.32. The second-order valence-corrected chi connectivity index (χ2v) is 7.29. The molecule has 0 saturated heterocycles. The van der Waals surface area contributed by atoms with Gasteiger partial charge < -0.3 is 19.7 Å². The Morgan fingerprint density at radius 2 is 2.05 bits per heavy atom. The Morgan fingerprint density at radius 3 is 2.67 bits per heavy atom. The molecule has 5 heteroatoms. The van der Waals surface area contributed by atoms with E-state index in [1.54, 1.807) is 19.9 Å². The number of carbonyl (C=O) groups is 1. The second kappa shape index (κ2) is 4.41. The molecule has 3 unspecified atom stereocenters. The number of rotatable bonds is 1.